The van der Waals surface area contributed by atoms with E-state index in [0.717, 1.165) is 10.9 Å². The lowest BCUT2D eigenvalue weighted by atomic mass is 10.2. The van der Waals surface area contributed by atoms with E-state index >= 15 is 0 Å². The van der Waals surface area contributed by atoms with Gasteiger partial charge in [0.25, 0.3) is 5.56 Å². The first-order valence-corrected chi connectivity index (χ1v) is 5.45. The minimum atomic E-state index is 0.0207. The standard InChI is InChI=1S/C13H16N2O/c1-9(2)14-11-8-10-6-4-5-7-12(10)15(3)13(11)16/h4-9,14H,1-3H3. The highest BCUT2D eigenvalue weighted by atomic mass is 16.1. The maximum atomic E-state index is 12.0. The molecule has 0 saturated carbocycles. The van der Waals surface area contributed by atoms with Gasteiger partial charge >= 0.3 is 0 Å². The number of aromatic nitrogens is 1. The Morgan fingerprint density at radius 1 is 1.25 bits per heavy atom. The Morgan fingerprint density at radius 3 is 2.62 bits per heavy atom. The van der Waals surface area contributed by atoms with E-state index in [1.54, 1.807) is 11.6 Å². The van der Waals surface area contributed by atoms with Gasteiger partial charge in [-0.2, -0.15) is 0 Å². The minimum absolute atomic E-state index is 0.0207. The first-order valence-electron chi connectivity index (χ1n) is 5.45. The number of rotatable bonds is 2. The van der Waals surface area contributed by atoms with Crippen LogP contribution in [0.2, 0.25) is 0 Å². The zero-order chi connectivity index (χ0) is 11.7. The summed E-state index contributed by atoms with van der Waals surface area (Å²) in [5, 5.41) is 4.25. The third-order valence-electron chi connectivity index (χ3n) is 2.58. The number of hydrogen-bond donors (Lipinski definition) is 1. The van der Waals surface area contributed by atoms with Crippen molar-refractivity contribution in [3.63, 3.8) is 0 Å². The van der Waals surface area contributed by atoms with Crippen LogP contribution in [0.3, 0.4) is 0 Å². The molecule has 0 radical (unpaired) electrons. The molecule has 1 aromatic carbocycles. The SMILES string of the molecule is CC(C)Nc1cc2ccccc2n(C)c1=O. The molecule has 16 heavy (non-hydrogen) atoms. The van der Waals surface area contributed by atoms with Crippen molar-refractivity contribution in [2.24, 2.45) is 7.05 Å². The van der Waals surface area contributed by atoms with Gasteiger partial charge in [0.1, 0.15) is 5.69 Å². The quantitative estimate of drug-likeness (QED) is 0.836. The lowest BCUT2D eigenvalue weighted by molar-refractivity contribution is 0.866. The van der Waals surface area contributed by atoms with Gasteiger partial charge in [0.2, 0.25) is 0 Å². The van der Waals surface area contributed by atoms with Crippen LogP contribution < -0.4 is 10.9 Å². The molecular weight excluding hydrogens is 200 g/mol. The van der Waals surface area contributed by atoms with Crippen LogP contribution in [0.5, 0.6) is 0 Å². The first-order chi connectivity index (χ1) is 7.59. The summed E-state index contributed by atoms with van der Waals surface area (Å²) in [5.74, 6) is 0. The molecule has 84 valence electrons. The van der Waals surface area contributed by atoms with Gasteiger partial charge in [0.15, 0.2) is 0 Å². The molecule has 1 aromatic heterocycles. The van der Waals surface area contributed by atoms with Gasteiger partial charge in [-0.3, -0.25) is 4.79 Å². The van der Waals surface area contributed by atoms with Gasteiger partial charge in [0, 0.05) is 18.5 Å². The zero-order valence-corrected chi connectivity index (χ0v) is 9.82. The van der Waals surface area contributed by atoms with E-state index in [2.05, 4.69) is 5.32 Å². The summed E-state index contributed by atoms with van der Waals surface area (Å²) in [6.07, 6.45) is 0. The number of aryl methyl sites for hydroxylation is 1. The maximum Gasteiger partial charge on any atom is 0.274 e. The van der Waals surface area contributed by atoms with Crippen molar-refractivity contribution >= 4 is 16.6 Å². The fourth-order valence-corrected chi connectivity index (χ4v) is 1.84. The summed E-state index contributed by atoms with van der Waals surface area (Å²) in [5.41, 5.74) is 1.64. The molecular formula is C13H16N2O. The molecule has 0 fully saturated rings. The summed E-state index contributed by atoms with van der Waals surface area (Å²) in [4.78, 5) is 12.0. The smallest absolute Gasteiger partial charge is 0.274 e. The Bertz CT molecular complexity index is 570. The van der Waals surface area contributed by atoms with Crippen molar-refractivity contribution in [1.29, 1.82) is 0 Å². The van der Waals surface area contributed by atoms with E-state index in [0.29, 0.717) is 5.69 Å². The molecule has 0 spiro atoms. The van der Waals surface area contributed by atoms with Crippen LogP contribution in [0, 0.1) is 0 Å². The maximum absolute atomic E-state index is 12.0. The number of nitrogens with one attached hydrogen (secondary N) is 1. The van der Waals surface area contributed by atoms with E-state index < -0.39 is 0 Å². The fraction of sp³-hybridized carbons (Fsp3) is 0.308. The Labute approximate surface area is 94.7 Å². The second-order valence-corrected chi connectivity index (χ2v) is 4.28. The molecule has 2 aromatic rings. The van der Waals surface area contributed by atoms with Gasteiger partial charge in [-0.05, 0) is 26.0 Å². The van der Waals surface area contributed by atoms with Crippen LogP contribution in [-0.4, -0.2) is 10.6 Å². The van der Waals surface area contributed by atoms with Crippen molar-refractivity contribution in [2.45, 2.75) is 19.9 Å². The number of fused-ring (bicyclic) bond motifs is 1. The number of para-hydroxylation sites is 1. The third kappa shape index (κ3) is 1.81. The highest BCUT2D eigenvalue weighted by molar-refractivity contribution is 5.82. The fourth-order valence-electron chi connectivity index (χ4n) is 1.84. The molecule has 0 aliphatic carbocycles. The zero-order valence-electron chi connectivity index (χ0n) is 9.82. The largest absolute Gasteiger partial charge is 0.378 e. The van der Waals surface area contributed by atoms with Gasteiger partial charge in [0.05, 0.1) is 5.52 Å². The molecule has 0 saturated heterocycles. The van der Waals surface area contributed by atoms with E-state index in [-0.39, 0.29) is 11.6 Å². The second kappa shape index (κ2) is 4.00. The molecule has 3 heteroatoms. The van der Waals surface area contributed by atoms with Gasteiger partial charge < -0.3 is 9.88 Å². The summed E-state index contributed by atoms with van der Waals surface area (Å²) >= 11 is 0. The van der Waals surface area contributed by atoms with Crippen molar-refractivity contribution in [2.75, 3.05) is 5.32 Å². The van der Waals surface area contributed by atoms with E-state index in [1.165, 1.54) is 0 Å². The van der Waals surface area contributed by atoms with Crippen LogP contribution >= 0.6 is 0 Å². The Balaban J connectivity index is 2.69. The lowest BCUT2D eigenvalue weighted by Crippen LogP contribution is -2.24. The van der Waals surface area contributed by atoms with Crippen molar-refractivity contribution in [1.82, 2.24) is 4.57 Å². The van der Waals surface area contributed by atoms with Crippen molar-refractivity contribution in [3.05, 3.63) is 40.7 Å². The molecule has 0 amide bonds. The van der Waals surface area contributed by atoms with Crippen LogP contribution in [0.15, 0.2) is 35.1 Å². The summed E-state index contributed by atoms with van der Waals surface area (Å²) in [6, 6.07) is 10.1. The van der Waals surface area contributed by atoms with Gasteiger partial charge in [-0.1, -0.05) is 18.2 Å². The molecule has 2 rings (SSSR count). The first kappa shape index (κ1) is 10.7. The summed E-state index contributed by atoms with van der Waals surface area (Å²) in [7, 11) is 1.80. The number of pyridine rings is 1. The Kier molecular flexibility index (Phi) is 2.69. The Morgan fingerprint density at radius 2 is 1.94 bits per heavy atom. The van der Waals surface area contributed by atoms with Crippen molar-refractivity contribution in [3.8, 4) is 0 Å². The average Bonchev–Trinajstić information content (AvgIpc) is 2.25. The van der Waals surface area contributed by atoms with E-state index in [4.69, 9.17) is 0 Å². The summed E-state index contributed by atoms with van der Waals surface area (Å²) < 4.78 is 1.68. The van der Waals surface area contributed by atoms with Crippen LogP contribution in [-0.2, 0) is 7.05 Å². The third-order valence-corrected chi connectivity index (χ3v) is 2.58. The highest BCUT2D eigenvalue weighted by Crippen LogP contribution is 2.15. The molecule has 0 unspecified atom stereocenters. The number of hydrogen-bond acceptors (Lipinski definition) is 2. The molecule has 0 atom stereocenters. The predicted molar refractivity (Wildman–Crippen MR) is 67.9 cm³/mol. The second-order valence-electron chi connectivity index (χ2n) is 4.28. The average molecular weight is 216 g/mol. The van der Waals surface area contributed by atoms with E-state index in [1.807, 2.05) is 44.2 Å². The summed E-state index contributed by atoms with van der Waals surface area (Å²) in [6.45, 7) is 4.04. The van der Waals surface area contributed by atoms with Crippen LogP contribution in [0.1, 0.15) is 13.8 Å². The number of nitrogens with zero attached hydrogens (tertiary/aromatic N) is 1. The molecule has 1 heterocycles. The molecule has 0 aliphatic rings. The van der Waals surface area contributed by atoms with Crippen molar-refractivity contribution < 1.29 is 0 Å². The molecule has 0 aliphatic heterocycles. The molecule has 3 nitrogen and oxygen atoms in total. The number of benzene rings is 1. The molecule has 1 N–H and O–H groups in total. The van der Waals surface area contributed by atoms with Crippen LogP contribution in [0.4, 0.5) is 5.69 Å². The number of anilines is 1. The van der Waals surface area contributed by atoms with E-state index in [9.17, 15) is 4.79 Å². The highest BCUT2D eigenvalue weighted by Gasteiger charge is 2.06. The Hall–Kier alpha value is -1.77. The lowest BCUT2D eigenvalue weighted by Gasteiger charge is -2.12. The van der Waals surface area contributed by atoms with Crippen LogP contribution in [0.25, 0.3) is 10.9 Å². The molecule has 0 bridgehead atoms. The minimum Gasteiger partial charge on any atom is -0.378 e. The monoisotopic (exact) mass is 216 g/mol. The van der Waals surface area contributed by atoms with Gasteiger partial charge in [-0.15, -0.1) is 0 Å². The van der Waals surface area contributed by atoms with Gasteiger partial charge in [-0.25, -0.2) is 0 Å². The topological polar surface area (TPSA) is 34.0 Å². The predicted octanol–water partition coefficient (Wildman–Crippen LogP) is 2.36. The normalized spacial score (nSPS) is 11.0.